The molecule has 6 nitrogen and oxygen atoms in total. The summed E-state index contributed by atoms with van der Waals surface area (Å²) >= 11 is 1.66. The zero-order valence-corrected chi connectivity index (χ0v) is 21.2. The summed E-state index contributed by atoms with van der Waals surface area (Å²) in [5, 5.41) is 11.8. The van der Waals surface area contributed by atoms with E-state index in [0.717, 1.165) is 65.6 Å². The molecule has 0 saturated heterocycles. The topological polar surface area (TPSA) is 86.1 Å². The number of nitriles is 1. The summed E-state index contributed by atoms with van der Waals surface area (Å²) in [6.07, 6.45) is 0. The second-order valence-electron chi connectivity index (χ2n) is 8.70. The van der Waals surface area contributed by atoms with Crippen LogP contribution in [-0.2, 0) is 6.61 Å². The van der Waals surface area contributed by atoms with Gasteiger partial charge in [-0.2, -0.15) is 5.26 Å². The highest BCUT2D eigenvalue weighted by atomic mass is 32.1. The van der Waals surface area contributed by atoms with E-state index in [9.17, 15) is 5.26 Å². The molecule has 5 rings (SSSR count). The number of ether oxygens (including phenoxy) is 2. The van der Waals surface area contributed by atoms with Gasteiger partial charge in [-0.05, 0) is 68.7 Å². The van der Waals surface area contributed by atoms with Gasteiger partial charge in [0, 0.05) is 10.9 Å². The summed E-state index contributed by atoms with van der Waals surface area (Å²) in [6, 6.07) is 16.2. The zero-order chi connectivity index (χ0) is 24.9. The first-order chi connectivity index (χ1) is 16.8. The maximum Gasteiger partial charge on any atom is 0.127 e. The minimum atomic E-state index is 0.415. The summed E-state index contributed by atoms with van der Waals surface area (Å²) in [5.41, 5.74) is 13.9. The van der Waals surface area contributed by atoms with E-state index in [-0.39, 0.29) is 0 Å². The van der Waals surface area contributed by atoms with Crippen LogP contribution in [0.25, 0.3) is 26.8 Å². The number of anilines is 1. The number of hydrogen-bond donors (Lipinski definition) is 1. The molecule has 0 fully saturated rings. The number of methoxy groups -OCH3 is 1. The van der Waals surface area contributed by atoms with Crippen molar-refractivity contribution < 1.29 is 9.47 Å². The number of nitrogens with two attached hydrogens (primary N) is 1. The van der Waals surface area contributed by atoms with E-state index in [1.165, 1.54) is 0 Å². The van der Waals surface area contributed by atoms with Crippen LogP contribution in [0.2, 0.25) is 0 Å². The third-order valence-corrected chi connectivity index (χ3v) is 7.50. The van der Waals surface area contributed by atoms with Crippen molar-refractivity contribution >= 4 is 38.3 Å². The standard InChI is InChI=1S/C28H26N4O2S/c1-15-6-11-23(34-14-19-7-9-20(33-5)10-8-19)17(3)25(15)32-26-21(22(13-29)28(32)30)12-16(2)27-24(26)31-18(4)35-27/h6-12H,14,30H2,1-5H3. The van der Waals surface area contributed by atoms with Crippen molar-refractivity contribution in [3.63, 3.8) is 0 Å². The van der Waals surface area contributed by atoms with Crippen LogP contribution >= 0.6 is 11.3 Å². The number of aromatic nitrogens is 2. The van der Waals surface area contributed by atoms with Crippen LogP contribution in [0.4, 0.5) is 5.82 Å². The molecule has 2 N–H and O–H groups in total. The third-order valence-electron chi connectivity index (χ3n) is 6.39. The van der Waals surface area contributed by atoms with E-state index < -0.39 is 0 Å². The first kappa shape index (κ1) is 22.8. The van der Waals surface area contributed by atoms with E-state index >= 15 is 0 Å². The van der Waals surface area contributed by atoms with E-state index in [0.29, 0.717) is 18.0 Å². The Morgan fingerprint density at radius 2 is 1.80 bits per heavy atom. The molecule has 176 valence electrons. The van der Waals surface area contributed by atoms with Crippen molar-refractivity contribution in [2.75, 3.05) is 12.8 Å². The number of rotatable bonds is 5. The molecule has 0 amide bonds. The monoisotopic (exact) mass is 482 g/mol. The minimum absolute atomic E-state index is 0.415. The van der Waals surface area contributed by atoms with Gasteiger partial charge < -0.3 is 15.2 Å². The van der Waals surface area contributed by atoms with Crippen LogP contribution in [0, 0.1) is 39.0 Å². The average molecular weight is 483 g/mol. The lowest BCUT2D eigenvalue weighted by atomic mass is 10.1. The number of hydrogen-bond acceptors (Lipinski definition) is 6. The van der Waals surface area contributed by atoms with Crippen molar-refractivity contribution in [3.8, 4) is 23.3 Å². The van der Waals surface area contributed by atoms with Crippen LogP contribution in [0.15, 0.2) is 42.5 Å². The number of nitrogen functional groups attached to an aromatic ring is 1. The maximum atomic E-state index is 9.99. The Hall–Kier alpha value is -4.02. The predicted octanol–water partition coefficient (Wildman–Crippen LogP) is 6.52. The lowest BCUT2D eigenvalue weighted by Gasteiger charge is -2.18. The zero-order valence-electron chi connectivity index (χ0n) is 20.4. The minimum Gasteiger partial charge on any atom is -0.497 e. The van der Waals surface area contributed by atoms with Gasteiger partial charge in [0.1, 0.15) is 41.1 Å². The first-order valence-electron chi connectivity index (χ1n) is 11.3. The van der Waals surface area contributed by atoms with Crippen molar-refractivity contribution in [1.82, 2.24) is 9.55 Å². The molecular formula is C28H26N4O2S. The second kappa shape index (κ2) is 8.64. The first-order valence-corrected chi connectivity index (χ1v) is 12.1. The Balaban J connectivity index is 1.69. The molecule has 2 aromatic heterocycles. The van der Waals surface area contributed by atoms with E-state index in [2.05, 4.69) is 19.1 Å². The van der Waals surface area contributed by atoms with Gasteiger partial charge in [-0.15, -0.1) is 11.3 Å². The Morgan fingerprint density at radius 3 is 2.49 bits per heavy atom. The van der Waals surface area contributed by atoms with Crippen molar-refractivity contribution in [1.29, 1.82) is 5.26 Å². The van der Waals surface area contributed by atoms with Crippen LogP contribution in [0.5, 0.6) is 11.5 Å². The Kier molecular flexibility index (Phi) is 5.62. The number of nitrogens with zero attached hydrogens (tertiary/aromatic N) is 3. The van der Waals surface area contributed by atoms with Crippen LogP contribution < -0.4 is 15.2 Å². The number of fused-ring (bicyclic) bond motifs is 3. The molecule has 0 spiro atoms. The molecule has 0 radical (unpaired) electrons. The van der Waals surface area contributed by atoms with Gasteiger partial charge in [0.15, 0.2) is 0 Å². The molecule has 7 heteroatoms. The average Bonchev–Trinajstić information content (AvgIpc) is 3.36. The summed E-state index contributed by atoms with van der Waals surface area (Å²) in [6.45, 7) is 8.55. The molecule has 35 heavy (non-hydrogen) atoms. The molecule has 0 saturated carbocycles. The summed E-state index contributed by atoms with van der Waals surface area (Å²) in [5.74, 6) is 1.99. The van der Waals surface area contributed by atoms with Gasteiger partial charge in [-0.3, -0.25) is 4.57 Å². The van der Waals surface area contributed by atoms with Gasteiger partial charge >= 0.3 is 0 Å². The van der Waals surface area contributed by atoms with E-state index in [4.69, 9.17) is 20.2 Å². The lowest BCUT2D eigenvalue weighted by molar-refractivity contribution is 0.303. The third kappa shape index (κ3) is 3.67. The normalized spacial score (nSPS) is 11.2. The molecule has 0 aliphatic rings. The molecule has 5 aromatic rings. The van der Waals surface area contributed by atoms with Gasteiger partial charge in [0.25, 0.3) is 0 Å². The van der Waals surface area contributed by atoms with Crippen LogP contribution in [0.1, 0.15) is 32.8 Å². The smallest absolute Gasteiger partial charge is 0.127 e. The van der Waals surface area contributed by atoms with Gasteiger partial charge in [0.2, 0.25) is 0 Å². The molecule has 3 aromatic carbocycles. The van der Waals surface area contributed by atoms with E-state index in [1.54, 1.807) is 18.4 Å². The molecule has 2 heterocycles. The predicted molar refractivity (Wildman–Crippen MR) is 142 cm³/mol. The summed E-state index contributed by atoms with van der Waals surface area (Å²) < 4.78 is 14.6. The molecule has 0 atom stereocenters. The van der Waals surface area contributed by atoms with Gasteiger partial charge in [-0.1, -0.05) is 18.2 Å². The van der Waals surface area contributed by atoms with E-state index in [1.807, 2.05) is 61.7 Å². The summed E-state index contributed by atoms with van der Waals surface area (Å²) in [7, 11) is 1.65. The lowest BCUT2D eigenvalue weighted by Crippen LogP contribution is -2.07. The second-order valence-corrected chi connectivity index (χ2v) is 9.90. The highest BCUT2D eigenvalue weighted by Gasteiger charge is 2.24. The van der Waals surface area contributed by atoms with Crippen molar-refractivity contribution in [3.05, 3.63) is 75.3 Å². The highest BCUT2D eigenvalue weighted by Crippen LogP contribution is 2.41. The molecule has 0 bridgehead atoms. The maximum absolute atomic E-state index is 9.99. The van der Waals surface area contributed by atoms with Crippen molar-refractivity contribution in [2.24, 2.45) is 0 Å². The SMILES string of the molecule is COc1ccc(COc2ccc(C)c(-n3c(N)c(C#N)c4cc(C)c5sc(C)nc5c43)c2C)cc1. The van der Waals surface area contributed by atoms with Gasteiger partial charge in [0.05, 0.1) is 28.0 Å². The highest BCUT2D eigenvalue weighted by molar-refractivity contribution is 7.18. The fraction of sp³-hybridized carbons (Fsp3) is 0.214. The summed E-state index contributed by atoms with van der Waals surface area (Å²) in [4.78, 5) is 4.84. The number of thiazole rings is 1. The molecular weight excluding hydrogens is 456 g/mol. The van der Waals surface area contributed by atoms with Crippen LogP contribution in [0.3, 0.4) is 0 Å². The van der Waals surface area contributed by atoms with Crippen molar-refractivity contribution in [2.45, 2.75) is 34.3 Å². The largest absolute Gasteiger partial charge is 0.497 e. The Bertz CT molecular complexity index is 1640. The molecule has 0 aliphatic heterocycles. The molecule has 0 aliphatic carbocycles. The Morgan fingerprint density at radius 1 is 1.06 bits per heavy atom. The van der Waals surface area contributed by atoms with Gasteiger partial charge in [-0.25, -0.2) is 4.98 Å². The number of aryl methyl sites for hydroxylation is 3. The number of benzene rings is 3. The fourth-order valence-corrected chi connectivity index (χ4v) is 5.56. The Labute approximate surface area is 208 Å². The fourth-order valence-electron chi connectivity index (χ4n) is 4.67. The quantitative estimate of drug-likeness (QED) is 0.308. The molecule has 0 unspecified atom stereocenters. The van der Waals surface area contributed by atoms with Crippen LogP contribution in [-0.4, -0.2) is 16.7 Å².